The first-order valence-corrected chi connectivity index (χ1v) is 12.8. The zero-order valence-corrected chi connectivity index (χ0v) is 19.6. The number of hydrogen-bond donors (Lipinski definition) is 0. The number of nitrogens with zero attached hydrogens (tertiary/aromatic N) is 5. The third-order valence-corrected chi connectivity index (χ3v) is 8.37. The maximum atomic E-state index is 12.9. The van der Waals surface area contributed by atoms with Crippen LogP contribution in [-0.2, 0) is 21.4 Å². The molecule has 1 aliphatic rings. The average Bonchev–Trinajstić information content (AvgIpc) is 3.20. The van der Waals surface area contributed by atoms with E-state index in [1.807, 2.05) is 31.2 Å². The Morgan fingerprint density at radius 3 is 2.55 bits per heavy atom. The molecule has 1 aromatic heterocycles. The smallest absolute Gasteiger partial charge is 0.270 e. The lowest BCUT2D eigenvalue weighted by molar-refractivity contribution is -0.385. The molecule has 2 heterocycles. The Morgan fingerprint density at radius 1 is 1.12 bits per heavy atom. The second-order valence-electron chi connectivity index (χ2n) is 7.46. The van der Waals surface area contributed by atoms with Gasteiger partial charge in [-0.3, -0.25) is 14.9 Å². The molecule has 0 atom stereocenters. The molecule has 0 spiro atoms. The number of para-hydroxylation sites is 2. The van der Waals surface area contributed by atoms with E-state index in [9.17, 15) is 23.3 Å². The number of amides is 1. The van der Waals surface area contributed by atoms with E-state index in [0.717, 1.165) is 28.8 Å². The van der Waals surface area contributed by atoms with E-state index in [0.29, 0.717) is 0 Å². The van der Waals surface area contributed by atoms with E-state index in [1.165, 1.54) is 34.3 Å². The number of thioether (sulfide) groups is 1. The van der Waals surface area contributed by atoms with Crippen molar-refractivity contribution in [2.75, 3.05) is 31.9 Å². The minimum atomic E-state index is -3.87. The van der Waals surface area contributed by atoms with Gasteiger partial charge in [0.15, 0.2) is 5.16 Å². The molecule has 1 fully saturated rings. The molecule has 0 saturated carbocycles. The monoisotopic (exact) mass is 489 g/mol. The molecule has 10 nitrogen and oxygen atoms in total. The number of carbonyl (C=O) groups excluding carboxylic acids is 1. The fourth-order valence-electron chi connectivity index (χ4n) is 3.77. The first-order chi connectivity index (χ1) is 15.8. The topological polar surface area (TPSA) is 119 Å². The first kappa shape index (κ1) is 23.2. The summed E-state index contributed by atoms with van der Waals surface area (Å²) in [6.07, 6.45) is 0. The van der Waals surface area contributed by atoms with Gasteiger partial charge in [0.05, 0.1) is 26.6 Å². The van der Waals surface area contributed by atoms with Gasteiger partial charge in [0.2, 0.25) is 15.9 Å². The summed E-state index contributed by atoms with van der Waals surface area (Å²) in [5.41, 5.74) is 1.63. The maximum absolute atomic E-state index is 12.9. The highest BCUT2D eigenvalue weighted by molar-refractivity contribution is 7.99. The van der Waals surface area contributed by atoms with Crippen molar-refractivity contribution >= 4 is 44.4 Å². The van der Waals surface area contributed by atoms with E-state index < -0.39 is 14.9 Å². The van der Waals surface area contributed by atoms with Crippen molar-refractivity contribution in [1.29, 1.82) is 0 Å². The number of piperazine rings is 1. The van der Waals surface area contributed by atoms with Crippen molar-refractivity contribution in [1.82, 2.24) is 18.8 Å². The highest BCUT2D eigenvalue weighted by Crippen LogP contribution is 2.25. The van der Waals surface area contributed by atoms with Gasteiger partial charge in [0.25, 0.3) is 5.69 Å². The lowest BCUT2D eigenvalue weighted by atomic mass is 10.3. The van der Waals surface area contributed by atoms with Crippen LogP contribution >= 0.6 is 11.8 Å². The highest BCUT2D eigenvalue weighted by atomic mass is 32.2. The van der Waals surface area contributed by atoms with Crippen LogP contribution in [0, 0.1) is 10.1 Å². The summed E-state index contributed by atoms with van der Waals surface area (Å²) in [5, 5.41) is 11.8. The number of nitro groups is 1. The normalized spacial score (nSPS) is 15.1. The van der Waals surface area contributed by atoms with Gasteiger partial charge in [-0.15, -0.1) is 0 Å². The van der Waals surface area contributed by atoms with Crippen molar-refractivity contribution in [3.8, 4) is 0 Å². The van der Waals surface area contributed by atoms with Gasteiger partial charge in [-0.05, 0) is 25.1 Å². The van der Waals surface area contributed by atoms with Crippen LogP contribution in [0.2, 0.25) is 0 Å². The Labute approximate surface area is 195 Å². The summed E-state index contributed by atoms with van der Waals surface area (Å²) < 4.78 is 29.1. The Kier molecular flexibility index (Phi) is 6.68. The maximum Gasteiger partial charge on any atom is 0.270 e. The number of aryl methyl sites for hydroxylation is 1. The second kappa shape index (κ2) is 9.49. The summed E-state index contributed by atoms with van der Waals surface area (Å²) in [6.45, 7) is 3.56. The van der Waals surface area contributed by atoms with E-state index >= 15 is 0 Å². The van der Waals surface area contributed by atoms with Crippen molar-refractivity contribution in [3.63, 3.8) is 0 Å². The average molecular weight is 490 g/mol. The van der Waals surface area contributed by atoms with Crippen LogP contribution in [-0.4, -0.2) is 69.9 Å². The van der Waals surface area contributed by atoms with Gasteiger partial charge in [-0.25, -0.2) is 13.4 Å². The molecule has 0 N–H and O–H groups in total. The number of fused-ring (bicyclic) bond motifs is 1. The number of aromatic nitrogens is 2. The Balaban J connectivity index is 1.37. The fraction of sp³-hybridized carbons (Fsp3) is 0.333. The van der Waals surface area contributed by atoms with E-state index in [4.69, 9.17) is 0 Å². The van der Waals surface area contributed by atoms with Crippen molar-refractivity contribution in [2.24, 2.45) is 0 Å². The van der Waals surface area contributed by atoms with Crippen LogP contribution in [0.5, 0.6) is 0 Å². The highest BCUT2D eigenvalue weighted by Gasteiger charge is 2.31. The lowest BCUT2D eigenvalue weighted by Crippen LogP contribution is -2.51. The SMILES string of the molecule is CCn1c(SCC(=O)N2CCN(S(=O)(=O)c3cccc([N+](=O)[O-])c3)CC2)nc2ccccc21. The molecule has 0 aliphatic carbocycles. The fourth-order valence-corrected chi connectivity index (χ4v) is 6.21. The third kappa shape index (κ3) is 4.72. The third-order valence-electron chi connectivity index (χ3n) is 5.52. The Hall–Kier alpha value is -2.96. The number of non-ortho nitro benzene ring substituents is 1. The molecule has 3 aromatic rings. The summed E-state index contributed by atoms with van der Waals surface area (Å²) in [6, 6.07) is 12.8. The Bertz CT molecular complexity index is 1300. The summed E-state index contributed by atoms with van der Waals surface area (Å²) in [5.74, 6) is 0.128. The molecular formula is C21H23N5O5S2. The molecule has 174 valence electrons. The summed E-state index contributed by atoms with van der Waals surface area (Å²) in [7, 11) is -3.87. The summed E-state index contributed by atoms with van der Waals surface area (Å²) in [4.78, 5) is 29.2. The molecule has 0 bridgehead atoms. The van der Waals surface area contributed by atoms with Crippen LogP contribution in [0.25, 0.3) is 11.0 Å². The first-order valence-electron chi connectivity index (χ1n) is 10.4. The van der Waals surface area contributed by atoms with E-state index in [1.54, 1.807) is 4.90 Å². The van der Waals surface area contributed by atoms with Crippen LogP contribution in [0.3, 0.4) is 0 Å². The van der Waals surface area contributed by atoms with Gasteiger partial charge in [0.1, 0.15) is 0 Å². The molecule has 33 heavy (non-hydrogen) atoms. The lowest BCUT2D eigenvalue weighted by Gasteiger charge is -2.34. The minimum absolute atomic E-state index is 0.0814. The van der Waals surface area contributed by atoms with Crippen molar-refractivity contribution in [3.05, 3.63) is 58.6 Å². The zero-order valence-electron chi connectivity index (χ0n) is 18.0. The summed E-state index contributed by atoms with van der Waals surface area (Å²) >= 11 is 1.37. The van der Waals surface area contributed by atoms with Gasteiger partial charge in [-0.2, -0.15) is 4.31 Å². The molecule has 0 unspecified atom stereocenters. The van der Waals surface area contributed by atoms with Crippen LogP contribution in [0.4, 0.5) is 5.69 Å². The van der Waals surface area contributed by atoms with Gasteiger partial charge in [-0.1, -0.05) is 30.0 Å². The van der Waals surface area contributed by atoms with Crippen LogP contribution < -0.4 is 0 Å². The predicted octanol–water partition coefficient (Wildman–Crippen LogP) is 2.59. The number of hydrogen-bond acceptors (Lipinski definition) is 7. The van der Waals surface area contributed by atoms with E-state index in [2.05, 4.69) is 9.55 Å². The molecule has 1 aliphatic heterocycles. The largest absolute Gasteiger partial charge is 0.339 e. The number of nitro benzene ring substituents is 1. The standard InChI is InChI=1S/C21H23N5O5S2/c1-2-25-19-9-4-3-8-18(19)22-21(25)32-15-20(27)23-10-12-24(13-11-23)33(30,31)17-7-5-6-16(14-17)26(28)29/h3-9,14H,2,10-13,15H2,1H3. The number of sulfonamides is 1. The number of carbonyl (C=O) groups is 1. The molecule has 1 amide bonds. The zero-order chi connectivity index (χ0) is 23.6. The van der Waals surface area contributed by atoms with Crippen molar-refractivity contribution in [2.45, 2.75) is 23.5 Å². The number of rotatable bonds is 7. The molecule has 2 aromatic carbocycles. The molecule has 0 radical (unpaired) electrons. The van der Waals surface area contributed by atoms with Crippen molar-refractivity contribution < 1.29 is 18.1 Å². The van der Waals surface area contributed by atoms with Crippen LogP contribution in [0.15, 0.2) is 58.6 Å². The molecular weight excluding hydrogens is 466 g/mol. The number of benzene rings is 2. The predicted molar refractivity (Wildman–Crippen MR) is 125 cm³/mol. The van der Waals surface area contributed by atoms with Crippen LogP contribution in [0.1, 0.15) is 6.92 Å². The quantitative estimate of drug-likeness (QED) is 0.284. The van der Waals surface area contributed by atoms with Gasteiger partial charge >= 0.3 is 0 Å². The molecule has 12 heteroatoms. The van der Waals surface area contributed by atoms with E-state index in [-0.39, 0.29) is 48.4 Å². The number of imidazole rings is 1. The molecule has 1 saturated heterocycles. The van der Waals surface area contributed by atoms with Gasteiger partial charge < -0.3 is 9.47 Å². The molecule has 4 rings (SSSR count). The Morgan fingerprint density at radius 2 is 1.85 bits per heavy atom. The minimum Gasteiger partial charge on any atom is -0.339 e. The van der Waals surface area contributed by atoms with Gasteiger partial charge in [0, 0.05) is 44.9 Å². The second-order valence-corrected chi connectivity index (χ2v) is 10.3.